The molecule has 0 saturated carbocycles. The number of nitrogens with zero attached hydrogens (tertiary/aromatic N) is 1. The van der Waals surface area contributed by atoms with Crippen LogP contribution in [0.25, 0.3) is 0 Å². The summed E-state index contributed by atoms with van der Waals surface area (Å²) in [5.74, 6) is -0.551. The number of alkyl halides is 3. The number of aryl methyl sites for hydroxylation is 1. The molecular weight excluding hydrogens is 599 g/mol. The van der Waals surface area contributed by atoms with Crippen molar-refractivity contribution in [3.63, 3.8) is 0 Å². The van der Waals surface area contributed by atoms with Crippen molar-refractivity contribution in [1.29, 1.82) is 0 Å². The van der Waals surface area contributed by atoms with Crippen LogP contribution in [0.1, 0.15) is 66.7 Å². The molecule has 1 aromatic heterocycles. The summed E-state index contributed by atoms with van der Waals surface area (Å²) in [5.41, 5.74) is 2.10. The molecule has 1 saturated heterocycles. The lowest BCUT2D eigenvalue weighted by atomic mass is 9.99. The maximum Gasteiger partial charge on any atom is 0.416 e. The third kappa shape index (κ3) is 8.39. The second-order valence-corrected chi connectivity index (χ2v) is 12.4. The van der Waals surface area contributed by atoms with Gasteiger partial charge in [-0.15, -0.1) is 11.3 Å². The van der Waals surface area contributed by atoms with Gasteiger partial charge in [0.05, 0.1) is 23.8 Å². The molecule has 2 amide bonds. The topological polar surface area (TPSA) is 81.7 Å². The molecule has 1 aliphatic heterocycles. The lowest BCUT2D eigenvalue weighted by Crippen LogP contribution is -2.48. The smallest absolute Gasteiger partial charge is 0.390 e. The number of aliphatic hydroxyl groups is 1. The summed E-state index contributed by atoms with van der Waals surface area (Å²) in [4.78, 5) is 30.3. The molecule has 5 rings (SSSR count). The Bertz CT molecular complexity index is 1590. The molecule has 3 atom stereocenters. The van der Waals surface area contributed by atoms with Gasteiger partial charge in [-0.05, 0) is 78.6 Å². The van der Waals surface area contributed by atoms with Crippen LogP contribution in [0.5, 0.6) is 0 Å². The SMILES string of the molecule is Cc1cc(C(=O)N[C@@H](Cc2ccccc2)[C@H](O)CNCc2cccc(C(F)(F)F)c2)cc(C(=O)N2CCCC2c2cccs2)c1. The fourth-order valence-electron chi connectivity index (χ4n) is 5.76. The Labute approximate surface area is 264 Å². The quantitative estimate of drug-likeness (QED) is 0.175. The molecule has 3 aromatic carbocycles. The number of hydrogen-bond acceptors (Lipinski definition) is 5. The van der Waals surface area contributed by atoms with Crippen molar-refractivity contribution in [2.45, 2.75) is 57.1 Å². The molecule has 1 unspecified atom stereocenters. The van der Waals surface area contributed by atoms with E-state index >= 15 is 0 Å². The maximum absolute atomic E-state index is 13.7. The van der Waals surface area contributed by atoms with E-state index in [0.717, 1.165) is 41.0 Å². The summed E-state index contributed by atoms with van der Waals surface area (Å²) in [6.07, 6.45) is -3.36. The van der Waals surface area contributed by atoms with Gasteiger partial charge in [0, 0.05) is 35.6 Å². The van der Waals surface area contributed by atoms with Gasteiger partial charge in [0.15, 0.2) is 0 Å². The number of nitrogens with one attached hydrogen (secondary N) is 2. The molecule has 0 bridgehead atoms. The minimum atomic E-state index is -4.44. The first kappa shape index (κ1) is 32.4. The van der Waals surface area contributed by atoms with E-state index in [0.29, 0.717) is 29.7 Å². The number of thiophene rings is 1. The molecule has 10 heteroatoms. The number of benzene rings is 3. The van der Waals surface area contributed by atoms with Gasteiger partial charge in [-0.1, -0.05) is 54.6 Å². The summed E-state index contributed by atoms with van der Waals surface area (Å²) in [5, 5.41) is 19.2. The van der Waals surface area contributed by atoms with Crippen molar-refractivity contribution >= 4 is 23.2 Å². The van der Waals surface area contributed by atoms with Crippen molar-refractivity contribution in [3.05, 3.63) is 129 Å². The summed E-state index contributed by atoms with van der Waals surface area (Å²) >= 11 is 1.63. The molecule has 3 N–H and O–H groups in total. The zero-order valence-corrected chi connectivity index (χ0v) is 25.7. The fourth-order valence-corrected chi connectivity index (χ4v) is 6.63. The number of hydrogen-bond donors (Lipinski definition) is 3. The zero-order chi connectivity index (χ0) is 32.0. The van der Waals surface area contributed by atoms with Crippen LogP contribution >= 0.6 is 11.3 Å². The van der Waals surface area contributed by atoms with Crippen LogP contribution in [0.15, 0.2) is 90.3 Å². The Morgan fingerprint density at radius 3 is 2.47 bits per heavy atom. The fraction of sp³-hybridized carbons (Fsp3) is 0.314. The molecule has 4 aromatic rings. The standard InChI is InChI=1S/C35H36F3N3O3S/c1-23-16-26(20-27(17-23)34(44)41-14-6-12-30(41)32-13-7-15-45-32)33(43)40-29(19-24-8-3-2-4-9-24)31(42)22-39-21-25-10-5-11-28(18-25)35(36,37)38/h2-5,7-11,13,15-18,20,29-31,39,42H,6,12,14,19,21-22H2,1H3,(H,40,43)/t29-,30?,31+/m0/s1. The van der Waals surface area contributed by atoms with Gasteiger partial charge >= 0.3 is 6.18 Å². The van der Waals surface area contributed by atoms with Crippen LogP contribution in [-0.2, 0) is 19.1 Å². The van der Waals surface area contributed by atoms with E-state index in [4.69, 9.17) is 0 Å². The zero-order valence-electron chi connectivity index (χ0n) is 24.9. The van der Waals surface area contributed by atoms with Crippen LogP contribution < -0.4 is 10.6 Å². The molecular formula is C35H36F3N3O3S. The van der Waals surface area contributed by atoms with Crippen molar-refractivity contribution in [1.82, 2.24) is 15.5 Å². The maximum atomic E-state index is 13.7. The normalized spacial score (nSPS) is 16.4. The van der Waals surface area contributed by atoms with E-state index in [9.17, 15) is 27.9 Å². The summed E-state index contributed by atoms with van der Waals surface area (Å²) in [6, 6.07) is 22.9. The van der Waals surface area contributed by atoms with Crippen LogP contribution in [0.4, 0.5) is 13.2 Å². The molecule has 0 spiro atoms. The Balaban J connectivity index is 1.29. The summed E-state index contributed by atoms with van der Waals surface area (Å²) < 4.78 is 39.4. The number of aliphatic hydroxyl groups excluding tert-OH is 1. The highest BCUT2D eigenvalue weighted by molar-refractivity contribution is 7.10. The predicted octanol–water partition coefficient (Wildman–Crippen LogP) is 6.54. The number of carbonyl (C=O) groups is 2. The lowest BCUT2D eigenvalue weighted by Gasteiger charge is -2.26. The van der Waals surface area contributed by atoms with Crippen molar-refractivity contribution < 1.29 is 27.9 Å². The highest BCUT2D eigenvalue weighted by Crippen LogP contribution is 2.35. The molecule has 0 aliphatic carbocycles. The van der Waals surface area contributed by atoms with Gasteiger partial charge in [-0.25, -0.2) is 0 Å². The van der Waals surface area contributed by atoms with Crippen LogP contribution in [-0.4, -0.2) is 47.1 Å². The van der Waals surface area contributed by atoms with Gasteiger partial charge in [0.2, 0.25) is 0 Å². The van der Waals surface area contributed by atoms with Crippen molar-refractivity contribution in [3.8, 4) is 0 Å². The highest BCUT2D eigenvalue weighted by atomic mass is 32.1. The molecule has 1 aliphatic rings. The molecule has 2 heterocycles. The third-order valence-corrected chi connectivity index (χ3v) is 8.96. The number of likely N-dealkylation sites (tertiary alicyclic amines) is 1. The Morgan fingerprint density at radius 1 is 0.978 bits per heavy atom. The summed E-state index contributed by atoms with van der Waals surface area (Å²) in [6.45, 7) is 2.63. The monoisotopic (exact) mass is 635 g/mol. The molecule has 45 heavy (non-hydrogen) atoms. The van der Waals surface area contributed by atoms with Gasteiger partial charge < -0.3 is 20.6 Å². The van der Waals surface area contributed by atoms with Gasteiger partial charge in [-0.2, -0.15) is 13.2 Å². The number of amides is 2. The number of carbonyl (C=O) groups excluding carboxylic acids is 2. The number of halogens is 3. The van der Waals surface area contributed by atoms with E-state index in [-0.39, 0.29) is 25.0 Å². The van der Waals surface area contributed by atoms with E-state index < -0.39 is 29.8 Å². The van der Waals surface area contributed by atoms with Crippen LogP contribution in [0, 0.1) is 6.92 Å². The summed E-state index contributed by atoms with van der Waals surface area (Å²) in [7, 11) is 0. The Kier molecular flexibility index (Phi) is 10.4. The van der Waals surface area contributed by atoms with Gasteiger partial charge in [0.25, 0.3) is 11.8 Å². The minimum Gasteiger partial charge on any atom is -0.390 e. The van der Waals surface area contributed by atoms with E-state index in [1.165, 1.54) is 6.07 Å². The van der Waals surface area contributed by atoms with Gasteiger partial charge in [0.1, 0.15) is 0 Å². The Morgan fingerprint density at radius 2 is 1.73 bits per heavy atom. The number of rotatable bonds is 11. The predicted molar refractivity (Wildman–Crippen MR) is 169 cm³/mol. The first-order valence-electron chi connectivity index (χ1n) is 14.9. The van der Waals surface area contributed by atoms with Crippen LogP contribution in [0.3, 0.4) is 0 Å². The molecule has 236 valence electrons. The van der Waals surface area contributed by atoms with E-state index in [1.54, 1.807) is 35.6 Å². The van der Waals surface area contributed by atoms with Gasteiger partial charge in [-0.3, -0.25) is 9.59 Å². The lowest BCUT2D eigenvalue weighted by molar-refractivity contribution is -0.137. The largest absolute Gasteiger partial charge is 0.416 e. The van der Waals surface area contributed by atoms with E-state index in [2.05, 4.69) is 10.6 Å². The first-order valence-corrected chi connectivity index (χ1v) is 15.8. The molecule has 1 fully saturated rings. The second kappa shape index (κ2) is 14.4. The highest BCUT2D eigenvalue weighted by Gasteiger charge is 2.32. The average molecular weight is 636 g/mol. The molecule has 6 nitrogen and oxygen atoms in total. The third-order valence-electron chi connectivity index (χ3n) is 7.99. The van der Waals surface area contributed by atoms with Crippen LogP contribution in [0.2, 0.25) is 0 Å². The van der Waals surface area contributed by atoms with E-state index in [1.807, 2.05) is 59.7 Å². The first-order chi connectivity index (χ1) is 21.6. The average Bonchev–Trinajstić information content (AvgIpc) is 3.73. The van der Waals surface area contributed by atoms with Crippen molar-refractivity contribution in [2.24, 2.45) is 0 Å². The van der Waals surface area contributed by atoms with Crippen molar-refractivity contribution in [2.75, 3.05) is 13.1 Å². The Hall–Kier alpha value is -3.99. The molecule has 0 radical (unpaired) electrons. The minimum absolute atomic E-state index is 0.0177. The second-order valence-electron chi connectivity index (χ2n) is 11.4.